The molecule has 1 aromatic heterocycles. The number of methoxy groups -OCH3 is 1. The molecule has 0 bridgehead atoms. The monoisotopic (exact) mass is 428 g/mol. The van der Waals surface area contributed by atoms with Crippen LogP contribution in [0.5, 0.6) is 11.5 Å². The zero-order valence-electron chi connectivity index (χ0n) is 19.0. The van der Waals surface area contributed by atoms with Crippen LogP contribution in [0.2, 0.25) is 0 Å². The Morgan fingerprint density at radius 1 is 1.10 bits per heavy atom. The molecular formula is C24H36N4O3. The molecule has 31 heavy (non-hydrogen) atoms. The van der Waals surface area contributed by atoms with Gasteiger partial charge in [0, 0.05) is 31.9 Å². The van der Waals surface area contributed by atoms with Crippen LogP contribution in [0.15, 0.2) is 36.8 Å². The Hall–Kier alpha value is -2.22. The summed E-state index contributed by atoms with van der Waals surface area (Å²) in [6.07, 6.45) is 9.17. The molecule has 0 saturated heterocycles. The fourth-order valence-electron chi connectivity index (χ4n) is 4.23. The summed E-state index contributed by atoms with van der Waals surface area (Å²) in [4.78, 5) is 12.7. The van der Waals surface area contributed by atoms with E-state index in [0.717, 1.165) is 24.3 Å². The molecule has 1 fully saturated rings. The van der Waals surface area contributed by atoms with Crippen LogP contribution in [-0.4, -0.2) is 71.4 Å². The lowest BCUT2D eigenvalue weighted by atomic mass is 9.94. The predicted octanol–water partition coefficient (Wildman–Crippen LogP) is 3.12. The molecule has 0 spiro atoms. The normalized spacial score (nSPS) is 15.9. The van der Waals surface area contributed by atoms with E-state index in [-0.39, 0.29) is 6.61 Å². The summed E-state index contributed by atoms with van der Waals surface area (Å²) in [6.45, 7) is 2.37. The molecule has 7 nitrogen and oxygen atoms in total. The summed E-state index contributed by atoms with van der Waals surface area (Å²) in [6, 6.07) is 8.45. The Balaban J connectivity index is 1.49. The Morgan fingerprint density at radius 2 is 1.90 bits per heavy atom. The molecule has 1 saturated carbocycles. The van der Waals surface area contributed by atoms with E-state index in [1.54, 1.807) is 19.6 Å². The number of aliphatic hydroxyl groups excluding tert-OH is 1. The first-order chi connectivity index (χ1) is 15.0. The molecule has 170 valence electrons. The highest BCUT2D eigenvalue weighted by atomic mass is 16.5. The summed E-state index contributed by atoms with van der Waals surface area (Å²) in [7, 11) is 5.80. The zero-order valence-corrected chi connectivity index (χ0v) is 19.0. The Bertz CT molecular complexity index is 784. The molecule has 1 unspecified atom stereocenters. The van der Waals surface area contributed by atoms with Gasteiger partial charge in [-0.2, -0.15) is 0 Å². The van der Waals surface area contributed by atoms with E-state index in [1.807, 2.05) is 24.3 Å². The van der Waals surface area contributed by atoms with E-state index < -0.39 is 6.10 Å². The highest BCUT2D eigenvalue weighted by Gasteiger charge is 2.20. The molecule has 0 amide bonds. The van der Waals surface area contributed by atoms with E-state index in [2.05, 4.69) is 33.9 Å². The quantitative estimate of drug-likeness (QED) is 0.590. The third kappa shape index (κ3) is 7.45. The molecule has 1 N–H and O–H groups in total. The smallest absolute Gasteiger partial charge is 0.161 e. The number of nitrogens with zero attached hydrogens (tertiary/aromatic N) is 4. The largest absolute Gasteiger partial charge is 0.493 e. The third-order valence-corrected chi connectivity index (χ3v) is 5.88. The minimum atomic E-state index is -0.532. The molecular weight excluding hydrogens is 392 g/mol. The van der Waals surface area contributed by atoms with Crippen molar-refractivity contribution in [1.82, 2.24) is 19.8 Å². The van der Waals surface area contributed by atoms with Crippen LogP contribution in [0.25, 0.3) is 0 Å². The summed E-state index contributed by atoms with van der Waals surface area (Å²) in [5.41, 5.74) is 2.11. The van der Waals surface area contributed by atoms with Crippen LogP contribution in [-0.2, 0) is 13.1 Å². The molecule has 1 aliphatic carbocycles. The minimum absolute atomic E-state index is 0.250. The van der Waals surface area contributed by atoms with Gasteiger partial charge in [-0.15, -0.1) is 0 Å². The second-order valence-electron chi connectivity index (χ2n) is 8.55. The van der Waals surface area contributed by atoms with Crippen LogP contribution < -0.4 is 9.47 Å². The first-order valence-electron chi connectivity index (χ1n) is 11.2. The van der Waals surface area contributed by atoms with E-state index in [1.165, 1.54) is 32.1 Å². The lowest BCUT2D eigenvalue weighted by Crippen LogP contribution is -2.40. The van der Waals surface area contributed by atoms with Gasteiger partial charge in [-0.1, -0.05) is 25.3 Å². The van der Waals surface area contributed by atoms with Gasteiger partial charge >= 0.3 is 0 Å². The number of aliphatic hydroxyl groups is 1. The van der Waals surface area contributed by atoms with Crippen LogP contribution in [0.3, 0.4) is 0 Å². The molecule has 1 heterocycles. The van der Waals surface area contributed by atoms with Crippen LogP contribution in [0.4, 0.5) is 0 Å². The van der Waals surface area contributed by atoms with Crippen molar-refractivity contribution < 1.29 is 14.6 Å². The van der Waals surface area contributed by atoms with Crippen molar-refractivity contribution in [3.8, 4) is 11.5 Å². The van der Waals surface area contributed by atoms with Crippen molar-refractivity contribution in [1.29, 1.82) is 0 Å². The van der Waals surface area contributed by atoms with Gasteiger partial charge in [0.25, 0.3) is 0 Å². The molecule has 1 aliphatic rings. The molecule has 1 aromatic carbocycles. The molecule has 7 heteroatoms. The fraction of sp³-hybridized carbons (Fsp3) is 0.583. The van der Waals surface area contributed by atoms with E-state index in [0.29, 0.717) is 24.1 Å². The topological polar surface area (TPSA) is 71.0 Å². The van der Waals surface area contributed by atoms with Crippen molar-refractivity contribution in [2.24, 2.45) is 0 Å². The SMILES string of the molecule is COc1cc(CN(C)Cc2ccncn2)ccc1OCC(O)CN(C)C1CCCCC1. The van der Waals surface area contributed by atoms with E-state index in [4.69, 9.17) is 9.47 Å². The molecule has 2 aromatic rings. The Kier molecular flexibility index (Phi) is 9.06. The molecule has 0 radical (unpaired) electrons. The standard InChI is InChI=1S/C24H36N4O3/c1-27(15-20-11-12-25-18-26-20)14-19-9-10-23(24(13-19)30-3)31-17-22(29)16-28(2)21-7-5-4-6-8-21/h9-13,18,21-22,29H,4-8,14-17H2,1-3H3. The number of ether oxygens (including phenoxy) is 2. The molecule has 0 aliphatic heterocycles. The van der Waals surface area contributed by atoms with Crippen LogP contribution in [0, 0.1) is 0 Å². The minimum Gasteiger partial charge on any atom is -0.493 e. The van der Waals surface area contributed by atoms with Crippen molar-refractivity contribution in [2.75, 3.05) is 34.4 Å². The number of hydrogen-bond donors (Lipinski definition) is 1. The summed E-state index contributed by atoms with van der Waals surface area (Å²) < 4.78 is 11.4. The second-order valence-corrected chi connectivity index (χ2v) is 8.55. The number of likely N-dealkylation sites (N-methyl/N-ethyl adjacent to an activating group) is 1. The lowest BCUT2D eigenvalue weighted by Gasteiger charge is -2.32. The fourth-order valence-corrected chi connectivity index (χ4v) is 4.23. The van der Waals surface area contributed by atoms with Gasteiger partial charge in [0.2, 0.25) is 0 Å². The highest BCUT2D eigenvalue weighted by molar-refractivity contribution is 5.43. The first-order valence-corrected chi connectivity index (χ1v) is 11.2. The summed E-state index contributed by atoms with van der Waals surface area (Å²) >= 11 is 0. The van der Waals surface area contributed by atoms with Crippen molar-refractivity contribution in [3.05, 3.63) is 48.0 Å². The summed E-state index contributed by atoms with van der Waals surface area (Å²) in [5.74, 6) is 1.34. The maximum Gasteiger partial charge on any atom is 0.161 e. The first kappa shape index (κ1) is 23.4. The van der Waals surface area contributed by atoms with Crippen LogP contribution >= 0.6 is 0 Å². The summed E-state index contributed by atoms with van der Waals surface area (Å²) in [5, 5.41) is 10.5. The van der Waals surface area contributed by atoms with Crippen LogP contribution in [0.1, 0.15) is 43.4 Å². The van der Waals surface area contributed by atoms with E-state index >= 15 is 0 Å². The van der Waals surface area contributed by atoms with Gasteiger partial charge in [0.05, 0.1) is 12.8 Å². The number of benzene rings is 1. The second kappa shape index (κ2) is 12.0. The predicted molar refractivity (Wildman–Crippen MR) is 121 cm³/mol. The van der Waals surface area contributed by atoms with Gasteiger partial charge in [-0.25, -0.2) is 9.97 Å². The average molecular weight is 429 g/mol. The van der Waals surface area contributed by atoms with Gasteiger partial charge in [-0.05, 0) is 50.7 Å². The average Bonchev–Trinajstić information content (AvgIpc) is 2.79. The van der Waals surface area contributed by atoms with Crippen molar-refractivity contribution in [2.45, 2.75) is 57.3 Å². The van der Waals surface area contributed by atoms with Gasteiger partial charge in [0.1, 0.15) is 19.0 Å². The molecule has 3 rings (SSSR count). The number of rotatable bonds is 11. The van der Waals surface area contributed by atoms with Crippen molar-refractivity contribution in [3.63, 3.8) is 0 Å². The Morgan fingerprint density at radius 3 is 2.61 bits per heavy atom. The van der Waals surface area contributed by atoms with Gasteiger partial charge < -0.3 is 19.5 Å². The van der Waals surface area contributed by atoms with Crippen molar-refractivity contribution >= 4 is 0 Å². The molecule has 1 atom stereocenters. The highest BCUT2D eigenvalue weighted by Crippen LogP contribution is 2.29. The van der Waals surface area contributed by atoms with E-state index in [9.17, 15) is 5.11 Å². The Labute approximate surface area is 186 Å². The number of hydrogen-bond acceptors (Lipinski definition) is 7. The van der Waals surface area contributed by atoms with Gasteiger partial charge in [0.15, 0.2) is 11.5 Å². The maximum absolute atomic E-state index is 10.5. The lowest BCUT2D eigenvalue weighted by molar-refractivity contribution is 0.0553. The third-order valence-electron chi connectivity index (χ3n) is 5.88. The maximum atomic E-state index is 10.5. The zero-order chi connectivity index (χ0) is 22.1. The van der Waals surface area contributed by atoms with Gasteiger partial charge in [-0.3, -0.25) is 4.90 Å². The number of aromatic nitrogens is 2.